The molecule has 1 unspecified atom stereocenters. The Bertz CT molecular complexity index is 437. The number of carbonyl (C=O) groups is 1. The second-order valence-electron chi connectivity index (χ2n) is 5.26. The first-order valence-corrected chi connectivity index (χ1v) is 6.78. The van der Waals surface area contributed by atoms with Crippen molar-refractivity contribution >= 4 is 17.5 Å². The number of nitrogens with two attached hydrogens (primary N) is 1. The quantitative estimate of drug-likeness (QED) is 0.861. The lowest BCUT2D eigenvalue weighted by molar-refractivity contribution is 0.0939. The minimum atomic E-state index is -0.105. The van der Waals surface area contributed by atoms with Crippen molar-refractivity contribution in [3.8, 4) is 0 Å². The van der Waals surface area contributed by atoms with Crippen LogP contribution in [-0.2, 0) is 0 Å². The Hall–Kier alpha value is -1.00. The normalized spacial score (nSPS) is 16.9. The predicted octanol–water partition coefficient (Wildman–Crippen LogP) is 2.19. The summed E-state index contributed by atoms with van der Waals surface area (Å²) in [6, 6.07) is 1.97. The molecule has 0 aliphatic heterocycles. The van der Waals surface area contributed by atoms with Crippen LogP contribution in [0.2, 0.25) is 5.02 Å². The number of hydrogen-bond acceptors (Lipinski definition) is 2. The molecule has 4 nitrogen and oxygen atoms in total. The highest BCUT2D eigenvalue weighted by Gasteiger charge is 2.28. The van der Waals surface area contributed by atoms with Crippen LogP contribution in [0.25, 0.3) is 0 Å². The zero-order valence-electron chi connectivity index (χ0n) is 10.8. The number of nitrogens with zero attached hydrogens (tertiary/aromatic N) is 1. The third kappa shape index (κ3) is 3.06. The zero-order chi connectivity index (χ0) is 13.3. The van der Waals surface area contributed by atoms with Gasteiger partial charge in [0.25, 0.3) is 5.91 Å². The molecule has 0 radical (unpaired) electrons. The fraction of sp³-hybridized carbons (Fsp3) is 0.615. The lowest BCUT2D eigenvalue weighted by Gasteiger charge is -2.14. The summed E-state index contributed by atoms with van der Waals surface area (Å²) in [5.74, 6) is 0.484. The Balaban J connectivity index is 1.99. The SMILES string of the molecule is CC(C)n1cc(Cl)cc1C(=O)NCC(N)C1CC1. The predicted molar refractivity (Wildman–Crippen MR) is 72.9 cm³/mol. The standard InChI is InChI=1S/C13H20ClN3O/c1-8(2)17-7-10(14)5-12(17)13(18)16-6-11(15)9-3-4-9/h5,7-9,11H,3-4,6,15H2,1-2H3,(H,16,18). The summed E-state index contributed by atoms with van der Waals surface area (Å²) >= 11 is 5.95. The van der Waals surface area contributed by atoms with Crippen LogP contribution >= 0.6 is 11.6 Å². The molecule has 5 heteroatoms. The summed E-state index contributed by atoms with van der Waals surface area (Å²) in [5.41, 5.74) is 6.56. The van der Waals surface area contributed by atoms with Crippen LogP contribution in [0.1, 0.15) is 43.2 Å². The molecule has 1 aliphatic carbocycles. The number of nitrogens with one attached hydrogen (secondary N) is 1. The van der Waals surface area contributed by atoms with Gasteiger partial charge >= 0.3 is 0 Å². The Kier molecular flexibility index (Phi) is 3.97. The van der Waals surface area contributed by atoms with E-state index in [0.29, 0.717) is 23.2 Å². The first-order chi connectivity index (χ1) is 8.49. The first kappa shape index (κ1) is 13.4. The summed E-state index contributed by atoms with van der Waals surface area (Å²) in [6.45, 7) is 4.57. The van der Waals surface area contributed by atoms with E-state index in [9.17, 15) is 4.79 Å². The Morgan fingerprint density at radius 1 is 1.61 bits per heavy atom. The van der Waals surface area contributed by atoms with Crippen molar-refractivity contribution in [2.24, 2.45) is 11.7 Å². The summed E-state index contributed by atoms with van der Waals surface area (Å²) in [4.78, 5) is 12.1. The Morgan fingerprint density at radius 3 is 2.83 bits per heavy atom. The van der Waals surface area contributed by atoms with Crippen molar-refractivity contribution in [2.45, 2.75) is 38.8 Å². The largest absolute Gasteiger partial charge is 0.349 e. The molecule has 3 N–H and O–H groups in total. The monoisotopic (exact) mass is 269 g/mol. The highest BCUT2D eigenvalue weighted by Crippen LogP contribution is 2.31. The first-order valence-electron chi connectivity index (χ1n) is 6.40. The van der Waals surface area contributed by atoms with Crippen LogP contribution in [0.3, 0.4) is 0 Å². The van der Waals surface area contributed by atoms with Gasteiger partial charge in [-0.25, -0.2) is 0 Å². The fourth-order valence-electron chi connectivity index (χ4n) is 2.05. The molecular weight excluding hydrogens is 250 g/mol. The maximum Gasteiger partial charge on any atom is 0.268 e. The molecule has 0 saturated heterocycles. The number of halogens is 1. The van der Waals surface area contributed by atoms with Gasteiger partial charge in [0.1, 0.15) is 5.69 Å². The van der Waals surface area contributed by atoms with Gasteiger partial charge in [0.15, 0.2) is 0 Å². The van der Waals surface area contributed by atoms with Gasteiger partial charge in [0, 0.05) is 24.8 Å². The van der Waals surface area contributed by atoms with E-state index in [-0.39, 0.29) is 18.0 Å². The number of amides is 1. The molecule has 2 rings (SSSR count). The molecule has 1 amide bonds. The van der Waals surface area contributed by atoms with E-state index in [1.807, 2.05) is 18.4 Å². The van der Waals surface area contributed by atoms with E-state index in [2.05, 4.69) is 5.32 Å². The molecule has 1 heterocycles. The molecular formula is C13H20ClN3O. The van der Waals surface area contributed by atoms with Gasteiger partial charge < -0.3 is 15.6 Å². The molecule has 1 fully saturated rings. The second-order valence-corrected chi connectivity index (χ2v) is 5.69. The molecule has 0 spiro atoms. The van der Waals surface area contributed by atoms with Crippen molar-refractivity contribution < 1.29 is 4.79 Å². The topological polar surface area (TPSA) is 60.0 Å². The van der Waals surface area contributed by atoms with E-state index in [0.717, 1.165) is 0 Å². The fourth-order valence-corrected chi connectivity index (χ4v) is 2.26. The molecule has 1 aromatic heterocycles. The van der Waals surface area contributed by atoms with Crippen LogP contribution in [0.5, 0.6) is 0 Å². The van der Waals surface area contributed by atoms with Crippen LogP contribution in [0.15, 0.2) is 12.3 Å². The van der Waals surface area contributed by atoms with E-state index in [1.54, 1.807) is 12.3 Å². The number of hydrogen-bond donors (Lipinski definition) is 2. The molecule has 1 aliphatic rings. The van der Waals surface area contributed by atoms with E-state index < -0.39 is 0 Å². The van der Waals surface area contributed by atoms with Crippen molar-refractivity contribution in [1.82, 2.24) is 9.88 Å². The van der Waals surface area contributed by atoms with Crippen LogP contribution in [0.4, 0.5) is 0 Å². The molecule has 1 aromatic rings. The van der Waals surface area contributed by atoms with Crippen molar-refractivity contribution in [3.05, 3.63) is 23.0 Å². The van der Waals surface area contributed by atoms with Gasteiger partial charge in [0.2, 0.25) is 0 Å². The molecule has 100 valence electrons. The highest BCUT2D eigenvalue weighted by molar-refractivity contribution is 6.31. The summed E-state index contributed by atoms with van der Waals surface area (Å²) in [7, 11) is 0. The smallest absolute Gasteiger partial charge is 0.268 e. The summed E-state index contributed by atoms with van der Waals surface area (Å²) < 4.78 is 1.88. The Morgan fingerprint density at radius 2 is 2.28 bits per heavy atom. The highest BCUT2D eigenvalue weighted by atomic mass is 35.5. The molecule has 1 saturated carbocycles. The number of rotatable bonds is 5. The van der Waals surface area contributed by atoms with Crippen molar-refractivity contribution in [3.63, 3.8) is 0 Å². The minimum Gasteiger partial charge on any atom is -0.349 e. The van der Waals surface area contributed by atoms with E-state index >= 15 is 0 Å². The van der Waals surface area contributed by atoms with Gasteiger partial charge in [-0.3, -0.25) is 4.79 Å². The molecule has 0 bridgehead atoms. The van der Waals surface area contributed by atoms with Gasteiger partial charge in [-0.15, -0.1) is 0 Å². The van der Waals surface area contributed by atoms with Crippen LogP contribution in [-0.4, -0.2) is 23.1 Å². The van der Waals surface area contributed by atoms with Gasteiger partial charge in [0.05, 0.1) is 5.02 Å². The zero-order valence-corrected chi connectivity index (χ0v) is 11.6. The number of carbonyl (C=O) groups excluding carboxylic acids is 1. The van der Waals surface area contributed by atoms with E-state index in [4.69, 9.17) is 17.3 Å². The van der Waals surface area contributed by atoms with Crippen LogP contribution < -0.4 is 11.1 Å². The third-order valence-electron chi connectivity index (χ3n) is 3.33. The van der Waals surface area contributed by atoms with Crippen molar-refractivity contribution in [2.75, 3.05) is 6.54 Å². The molecule has 0 aromatic carbocycles. The maximum absolute atomic E-state index is 12.1. The van der Waals surface area contributed by atoms with E-state index in [1.165, 1.54) is 12.8 Å². The lowest BCUT2D eigenvalue weighted by atomic mass is 10.2. The van der Waals surface area contributed by atoms with Gasteiger partial charge in [-0.1, -0.05) is 11.6 Å². The molecule has 1 atom stereocenters. The van der Waals surface area contributed by atoms with Gasteiger partial charge in [-0.2, -0.15) is 0 Å². The van der Waals surface area contributed by atoms with Crippen LogP contribution in [0, 0.1) is 5.92 Å². The summed E-state index contributed by atoms with van der Waals surface area (Å²) in [6.07, 6.45) is 4.15. The number of aromatic nitrogens is 1. The minimum absolute atomic E-state index is 0.0758. The lowest BCUT2D eigenvalue weighted by Crippen LogP contribution is -2.39. The Labute approximate surface area is 112 Å². The van der Waals surface area contributed by atoms with Gasteiger partial charge in [-0.05, 0) is 38.7 Å². The summed E-state index contributed by atoms with van der Waals surface area (Å²) in [5, 5.41) is 3.47. The molecule has 18 heavy (non-hydrogen) atoms. The third-order valence-corrected chi connectivity index (χ3v) is 3.54. The average Bonchev–Trinajstić information content (AvgIpc) is 3.08. The second kappa shape index (κ2) is 5.33. The van der Waals surface area contributed by atoms with Crippen molar-refractivity contribution in [1.29, 1.82) is 0 Å². The average molecular weight is 270 g/mol. The maximum atomic E-state index is 12.1.